The van der Waals surface area contributed by atoms with Gasteiger partial charge < -0.3 is 10.1 Å². The summed E-state index contributed by atoms with van der Waals surface area (Å²) < 4.78 is 5.69. The number of anilines is 1. The van der Waals surface area contributed by atoms with Gasteiger partial charge in [0.05, 0.1) is 17.5 Å². The van der Waals surface area contributed by atoms with Crippen molar-refractivity contribution in [3.63, 3.8) is 0 Å². The summed E-state index contributed by atoms with van der Waals surface area (Å²) in [6, 6.07) is 3.83. The quantitative estimate of drug-likeness (QED) is 0.915. The van der Waals surface area contributed by atoms with Crippen LogP contribution in [0.3, 0.4) is 0 Å². The minimum atomic E-state index is 0.0728. The molecule has 0 bridgehead atoms. The highest BCUT2D eigenvalue weighted by molar-refractivity contribution is 6.31. The van der Waals surface area contributed by atoms with Crippen LogP contribution in [-0.4, -0.2) is 21.1 Å². The number of hydrogen-bond acceptors (Lipinski definition) is 5. The monoisotopic (exact) mass is 306 g/mol. The number of rotatable bonds is 5. The maximum Gasteiger partial charge on any atom is 0.218 e. The maximum absolute atomic E-state index is 6.11. The lowest BCUT2D eigenvalue weighted by Crippen LogP contribution is -2.11. The molecule has 0 fully saturated rings. The summed E-state index contributed by atoms with van der Waals surface area (Å²) >= 11 is 6.11. The number of hydrogen-bond donors (Lipinski definition) is 1. The highest BCUT2D eigenvalue weighted by atomic mass is 35.5. The first-order valence-electron chi connectivity index (χ1n) is 6.82. The van der Waals surface area contributed by atoms with Crippen LogP contribution in [0.4, 0.5) is 5.82 Å². The van der Waals surface area contributed by atoms with Gasteiger partial charge in [0.2, 0.25) is 5.88 Å². The van der Waals surface area contributed by atoms with E-state index in [9.17, 15) is 0 Å². The molecule has 0 aliphatic carbocycles. The normalized spacial score (nSPS) is 10.8. The summed E-state index contributed by atoms with van der Waals surface area (Å²) in [6.07, 6.45) is 1.79. The smallest absolute Gasteiger partial charge is 0.218 e. The topological polar surface area (TPSA) is 59.9 Å². The van der Waals surface area contributed by atoms with Crippen molar-refractivity contribution in [2.24, 2.45) is 0 Å². The number of nitrogens with zero attached hydrogens (tertiary/aromatic N) is 3. The molecule has 2 heterocycles. The first-order valence-corrected chi connectivity index (χ1v) is 7.20. The van der Waals surface area contributed by atoms with Gasteiger partial charge in [0.15, 0.2) is 11.0 Å². The number of nitrogens with one attached hydrogen (secondary N) is 1. The second-order valence-corrected chi connectivity index (χ2v) is 5.38. The van der Waals surface area contributed by atoms with Crippen molar-refractivity contribution < 1.29 is 4.74 Å². The molecule has 0 saturated heterocycles. The lowest BCUT2D eigenvalue weighted by atomic mass is 10.2. The fourth-order valence-corrected chi connectivity index (χ4v) is 1.99. The van der Waals surface area contributed by atoms with Gasteiger partial charge in [-0.05, 0) is 33.8 Å². The number of aryl methyl sites for hydroxylation is 2. The predicted octanol–water partition coefficient (Wildman–Crippen LogP) is 3.54. The van der Waals surface area contributed by atoms with Crippen molar-refractivity contribution in [2.75, 3.05) is 5.32 Å². The Hall–Kier alpha value is -1.88. The highest BCUT2D eigenvalue weighted by Crippen LogP contribution is 2.21. The molecule has 21 heavy (non-hydrogen) atoms. The largest absolute Gasteiger partial charge is 0.475 e. The summed E-state index contributed by atoms with van der Waals surface area (Å²) in [5.74, 6) is 1.19. The van der Waals surface area contributed by atoms with Crippen molar-refractivity contribution in [2.45, 2.75) is 40.3 Å². The molecule has 0 unspecified atom stereocenters. The van der Waals surface area contributed by atoms with Crippen molar-refractivity contribution in [3.8, 4) is 5.88 Å². The molecule has 0 aliphatic rings. The SMILES string of the molecule is Cc1nc(Cl)c(NCc2cccnc2OC(C)C)nc1C. The van der Waals surface area contributed by atoms with Gasteiger partial charge in [0, 0.05) is 18.3 Å². The third-order valence-corrected chi connectivity index (χ3v) is 3.17. The number of aromatic nitrogens is 3. The predicted molar refractivity (Wildman–Crippen MR) is 83.8 cm³/mol. The fraction of sp³-hybridized carbons (Fsp3) is 0.400. The van der Waals surface area contributed by atoms with Gasteiger partial charge in [0.25, 0.3) is 0 Å². The number of ether oxygens (including phenoxy) is 1. The minimum absolute atomic E-state index is 0.0728. The van der Waals surface area contributed by atoms with E-state index in [0.29, 0.717) is 23.4 Å². The van der Waals surface area contributed by atoms with Crippen LogP contribution in [-0.2, 0) is 6.54 Å². The van der Waals surface area contributed by atoms with Crippen molar-refractivity contribution in [3.05, 3.63) is 40.4 Å². The van der Waals surface area contributed by atoms with E-state index in [-0.39, 0.29) is 6.10 Å². The standard InChI is InChI=1S/C15H19ClN4O/c1-9(2)21-15-12(6-5-7-17-15)8-18-14-13(16)19-10(3)11(4)20-14/h5-7,9H,8H2,1-4H3,(H,18,20). The molecular weight excluding hydrogens is 288 g/mol. The summed E-state index contributed by atoms with van der Waals surface area (Å²) in [5, 5.41) is 3.55. The minimum Gasteiger partial charge on any atom is -0.475 e. The molecule has 0 aliphatic heterocycles. The molecule has 0 spiro atoms. The van der Waals surface area contributed by atoms with Gasteiger partial charge in [-0.15, -0.1) is 0 Å². The van der Waals surface area contributed by atoms with E-state index in [4.69, 9.17) is 16.3 Å². The molecule has 2 aromatic heterocycles. The molecular formula is C15H19ClN4O. The van der Waals surface area contributed by atoms with Crippen LogP contribution in [0.5, 0.6) is 5.88 Å². The molecule has 0 saturated carbocycles. The van der Waals surface area contributed by atoms with Gasteiger partial charge in [0.1, 0.15) is 0 Å². The summed E-state index contributed by atoms with van der Waals surface area (Å²) in [5.41, 5.74) is 2.63. The average Bonchev–Trinajstić information content (AvgIpc) is 2.42. The van der Waals surface area contributed by atoms with E-state index in [1.165, 1.54) is 0 Å². The van der Waals surface area contributed by atoms with Crippen molar-refractivity contribution in [1.82, 2.24) is 15.0 Å². The molecule has 0 aromatic carbocycles. The van der Waals surface area contributed by atoms with Crippen LogP contribution in [0.2, 0.25) is 5.15 Å². The van der Waals surface area contributed by atoms with E-state index in [1.54, 1.807) is 6.20 Å². The summed E-state index contributed by atoms with van der Waals surface area (Å²) in [7, 11) is 0. The van der Waals surface area contributed by atoms with E-state index in [0.717, 1.165) is 17.0 Å². The lowest BCUT2D eigenvalue weighted by Gasteiger charge is -2.14. The molecule has 0 atom stereocenters. The number of pyridine rings is 1. The van der Waals surface area contributed by atoms with E-state index in [1.807, 2.05) is 39.8 Å². The Labute approximate surface area is 129 Å². The molecule has 2 rings (SSSR count). The van der Waals surface area contributed by atoms with Crippen LogP contribution in [0.1, 0.15) is 30.8 Å². The Kier molecular flexibility index (Phi) is 4.96. The lowest BCUT2D eigenvalue weighted by molar-refractivity contribution is 0.230. The van der Waals surface area contributed by atoms with E-state index >= 15 is 0 Å². The van der Waals surface area contributed by atoms with Crippen LogP contribution < -0.4 is 10.1 Å². The molecule has 6 heteroatoms. The zero-order chi connectivity index (χ0) is 15.4. The fourth-order valence-electron chi connectivity index (χ4n) is 1.76. The third kappa shape index (κ3) is 4.04. The molecule has 5 nitrogen and oxygen atoms in total. The van der Waals surface area contributed by atoms with Crippen LogP contribution in [0.25, 0.3) is 0 Å². The first-order chi connectivity index (χ1) is 9.97. The van der Waals surface area contributed by atoms with E-state index < -0.39 is 0 Å². The van der Waals surface area contributed by atoms with E-state index in [2.05, 4.69) is 20.3 Å². The molecule has 1 N–H and O–H groups in total. The average molecular weight is 307 g/mol. The molecule has 0 amide bonds. The molecule has 2 aromatic rings. The van der Waals surface area contributed by atoms with Gasteiger partial charge >= 0.3 is 0 Å². The van der Waals surface area contributed by atoms with Gasteiger partial charge in [-0.2, -0.15) is 0 Å². The summed E-state index contributed by atoms with van der Waals surface area (Å²) in [6.45, 7) is 8.25. The van der Waals surface area contributed by atoms with Crippen LogP contribution >= 0.6 is 11.6 Å². The molecule has 112 valence electrons. The Balaban J connectivity index is 2.15. The Morgan fingerprint density at radius 1 is 1.24 bits per heavy atom. The second-order valence-electron chi connectivity index (χ2n) is 5.02. The van der Waals surface area contributed by atoms with Gasteiger partial charge in [-0.3, -0.25) is 0 Å². The Morgan fingerprint density at radius 2 is 1.95 bits per heavy atom. The summed E-state index contributed by atoms with van der Waals surface area (Å²) in [4.78, 5) is 12.9. The first kappa shape index (κ1) is 15.5. The van der Waals surface area contributed by atoms with Crippen LogP contribution in [0, 0.1) is 13.8 Å². The van der Waals surface area contributed by atoms with Crippen LogP contribution in [0.15, 0.2) is 18.3 Å². The van der Waals surface area contributed by atoms with Crippen molar-refractivity contribution >= 4 is 17.4 Å². The third-order valence-electron chi connectivity index (χ3n) is 2.91. The zero-order valence-electron chi connectivity index (χ0n) is 12.6. The van der Waals surface area contributed by atoms with Gasteiger partial charge in [-0.1, -0.05) is 17.7 Å². The van der Waals surface area contributed by atoms with Crippen molar-refractivity contribution in [1.29, 1.82) is 0 Å². The second kappa shape index (κ2) is 6.72. The maximum atomic E-state index is 6.11. The van der Waals surface area contributed by atoms with Gasteiger partial charge in [-0.25, -0.2) is 15.0 Å². The Bertz CT molecular complexity index is 631. The molecule has 0 radical (unpaired) electrons. The number of halogens is 1. The Morgan fingerprint density at radius 3 is 2.67 bits per heavy atom. The zero-order valence-corrected chi connectivity index (χ0v) is 13.4. The highest BCUT2D eigenvalue weighted by Gasteiger charge is 2.10.